The molecule has 0 aliphatic carbocycles. The maximum Gasteiger partial charge on any atom is 0.152 e. The Morgan fingerprint density at radius 1 is 1.43 bits per heavy atom. The van der Waals surface area contributed by atoms with Crippen molar-refractivity contribution in [2.75, 3.05) is 13.2 Å². The zero-order valence-electron chi connectivity index (χ0n) is 12.6. The molecule has 1 aliphatic rings. The Bertz CT molecular complexity index is 610. The SMILES string of the molecule is CCCNC(c1cc2cccc(Cl)c2o1)C1COC(C)C1. The number of para-hydroxylation sites is 1. The molecule has 3 rings (SSSR count). The number of benzene rings is 1. The molecule has 3 unspecified atom stereocenters. The molecule has 0 bridgehead atoms. The van der Waals surface area contributed by atoms with E-state index in [1.54, 1.807) is 0 Å². The van der Waals surface area contributed by atoms with Crippen molar-refractivity contribution in [3.8, 4) is 0 Å². The van der Waals surface area contributed by atoms with Crippen molar-refractivity contribution >= 4 is 22.6 Å². The molecule has 21 heavy (non-hydrogen) atoms. The first-order valence-electron chi connectivity index (χ1n) is 7.72. The van der Waals surface area contributed by atoms with Gasteiger partial charge in [0.2, 0.25) is 0 Å². The standard InChI is InChI=1S/C17H22ClNO2/c1-3-7-19-16(13-8-11(2)20-10-13)15-9-12-5-4-6-14(18)17(12)21-15/h4-6,9,11,13,16,19H,3,7-8,10H2,1-2H3. The van der Waals surface area contributed by atoms with E-state index in [-0.39, 0.29) is 6.04 Å². The van der Waals surface area contributed by atoms with Gasteiger partial charge in [0, 0.05) is 11.3 Å². The molecule has 1 aliphatic heterocycles. The zero-order valence-corrected chi connectivity index (χ0v) is 13.3. The van der Waals surface area contributed by atoms with E-state index in [9.17, 15) is 0 Å². The molecule has 2 heterocycles. The summed E-state index contributed by atoms with van der Waals surface area (Å²) < 4.78 is 11.8. The number of hydrogen-bond donors (Lipinski definition) is 1. The first kappa shape index (κ1) is 14.9. The Kier molecular flexibility index (Phi) is 4.53. The Balaban J connectivity index is 1.91. The smallest absolute Gasteiger partial charge is 0.152 e. The van der Waals surface area contributed by atoms with Gasteiger partial charge in [-0.3, -0.25) is 0 Å². The van der Waals surface area contributed by atoms with Crippen molar-refractivity contribution in [3.05, 3.63) is 35.0 Å². The van der Waals surface area contributed by atoms with E-state index in [0.29, 0.717) is 17.0 Å². The molecule has 4 heteroatoms. The van der Waals surface area contributed by atoms with Gasteiger partial charge in [-0.15, -0.1) is 0 Å². The third kappa shape index (κ3) is 3.10. The van der Waals surface area contributed by atoms with Gasteiger partial charge >= 0.3 is 0 Å². The minimum Gasteiger partial charge on any atom is -0.458 e. The number of furan rings is 1. The largest absolute Gasteiger partial charge is 0.458 e. The van der Waals surface area contributed by atoms with Crippen LogP contribution >= 0.6 is 11.6 Å². The Labute approximate surface area is 130 Å². The molecule has 2 aromatic rings. The number of rotatable bonds is 5. The minimum absolute atomic E-state index is 0.193. The van der Waals surface area contributed by atoms with Gasteiger partial charge in [0.25, 0.3) is 0 Å². The van der Waals surface area contributed by atoms with Crippen LogP contribution in [-0.2, 0) is 4.74 Å². The Morgan fingerprint density at radius 3 is 2.95 bits per heavy atom. The summed E-state index contributed by atoms with van der Waals surface area (Å²) in [5, 5.41) is 5.34. The van der Waals surface area contributed by atoms with Crippen molar-refractivity contribution in [2.45, 2.75) is 38.8 Å². The highest BCUT2D eigenvalue weighted by Gasteiger charge is 2.32. The molecule has 114 valence electrons. The Hall–Kier alpha value is -1.03. The van der Waals surface area contributed by atoms with Gasteiger partial charge in [-0.2, -0.15) is 0 Å². The van der Waals surface area contributed by atoms with Crippen molar-refractivity contribution in [1.82, 2.24) is 5.32 Å². The number of ether oxygens (including phenoxy) is 1. The van der Waals surface area contributed by atoms with Crippen LogP contribution in [0.25, 0.3) is 11.0 Å². The first-order chi connectivity index (χ1) is 10.2. The summed E-state index contributed by atoms with van der Waals surface area (Å²) in [4.78, 5) is 0. The van der Waals surface area contributed by atoms with Crippen LogP contribution in [0.3, 0.4) is 0 Å². The topological polar surface area (TPSA) is 34.4 Å². The van der Waals surface area contributed by atoms with Crippen LogP contribution in [0.4, 0.5) is 0 Å². The van der Waals surface area contributed by atoms with Crippen LogP contribution in [0.15, 0.2) is 28.7 Å². The van der Waals surface area contributed by atoms with Crippen LogP contribution in [0.2, 0.25) is 5.02 Å². The van der Waals surface area contributed by atoms with Crippen molar-refractivity contribution < 1.29 is 9.15 Å². The molecule has 1 aromatic carbocycles. The summed E-state index contributed by atoms with van der Waals surface area (Å²) in [5.41, 5.74) is 0.782. The highest BCUT2D eigenvalue weighted by atomic mass is 35.5. The van der Waals surface area contributed by atoms with E-state index >= 15 is 0 Å². The second-order valence-electron chi connectivity index (χ2n) is 5.88. The molecule has 3 atom stereocenters. The molecule has 0 radical (unpaired) electrons. The van der Waals surface area contributed by atoms with Crippen molar-refractivity contribution in [2.24, 2.45) is 5.92 Å². The van der Waals surface area contributed by atoms with E-state index in [1.165, 1.54) is 0 Å². The fourth-order valence-corrected chi connectivity index (χ4v) is 3.30. The second-order valence-corrected chi connectivity index (χ2v) is 6.29. The van der Waals surface area contributed by atoms with Crippen LogP contribution in [-0.4, -0.2) is 19.3 Å². The third-order valence-corrected chi connectivity index (χ3v) is 4.43. The maximum absolute atomic E-state index is 6.22. The molecule has 1 N–H and O–H groups in total. The highest BCUT2D eigenvalue weighted by molar-refractivity contribution is 6.34. The summed E-state index contributed by atoms with van der Waals surface area (Å²) in [6.45, 7) is 6.06. The number of fused-ring (bicyclic) bond motifs is 1. The zero-order chi connectivity index (χ0) is 14.8. The summed E-state index contributed by atoms with van der Waals surface area (Å²) in [5.74, 6) is 1.42. The lowest BCUT2D eigenvalue weighted by molar-refractivity contribution is 0.116. The minimum atomic E-state index is 0.193. The van der Waals surface area contributed by atoms with E-state index in [4.69, 9.17) is 20.8 Å². The fraction of sp³-hybridized carbons (Fsp3) is 0.529. The molecule has 3 nitrogen and oxygen atoms in total. The molecule has 0 saturated carbocycles. The Morgan fingerprint density at radius 2 is 2.29 bits per heavy atom. The quantitative estimate of drug-likeness (QED) is 0.880. The molecule has 1 fully saturated rings. The van der Waals surface area contributed by atoms with E-state index in [0.717, 1.165) is 42.7 Å². The normalized spacial score (nSPS) is 23.8. The van der Waals surface area contributed by atoms with Gasteiger partial charge in [-0.25, -0.2) is 0 Å². The summed E-state index contributed by atoms with van der Waals surface area (Å²) in [6, 6.07) is 8.17. The van der Waals surface area contributed by atoms with Crippen LogP contribution in [0.5, 0.6) is 0 Å². The van der Waals surface area contributed by atoms with Gasteiger partial charge in [-0.1, -0.05) is 30.7 Å². The average molecular weight is 308 g/mol. The lowest BCUT2D eigenvalue weighted by Gasteiger charge is -2.21. The molecular formula is C17H22ClNO2. The fourth-order valence-electron chi connectivity index (χ4n) is 3.08. The van der Waals surface area contributed by atoms with Gasteiger partial charge < -0.3 is 14.5 Å². The number of nitrogens with one attached hydrogen (secondary N) is 1. The van der Waals surface area contributed by atoms with Crippen LogP contribution in [0.1, 0.15) is 38.5 Å². The predicted molar refractivity (Wildman–Crippen MR) is 85.8 cm³/mol. The summed E-state index contributed by atoms with van der Waals surface area (Å²) in [6.07, 6.45) is 2.49. The molecular weight excluding hydrogens is 286 g/mol. The molecule has 0 amide bonds. The summed E-state index contributed by atoms with van der Waals surface area (Å²) >= 11 is 6.22. The van der Waals surface area contributed by atoms with Gasteiger partial charge in [0.1, 0.15) is 5.76 Å². The van der Waals surface area contributed by atoms with Crippen LogP contribution < -0.4 is 5.32 Å². The third-order valence-electron chi connectivity index (χ3n) is 4.14. The van der Waals surface area contributed by atoms with Crippen molar-refractivity contribution in [3.63, 3.8) is 0 Å². The number of halogens is 1. The predicted octanol–water partition coefficient (Wildman–Crippen LogP) is 4.55. The average Bonchev–Trinajstić information content (AvgIpc) is 3.07. The van der Waals surface area contributed by atoms with Crippen molar-refractivity contribution in [1.29, 1.82) is 0 Å². The second kappa shape index (κ2) is 6.39. The molecule has 1 saturated heterocycles. The number of hydrogen-bond acceptors (Lipinski definition) is 3. The first-order valence-corrected chi connectivity index (χ1v) is 8.09. The molecule has 1 aromatic heterocycles. The van der Waals surface area contributed by atoms with E-state index in [2.05, 4.69) is 25.2 Å². The lowest BCUT2D eigenvalue weighted by Crippen LogP contribution is -2.29. The van der Waals surface area contributed by atoms with Gasteiger partial charge in [-0.05, 0) is 38.4 Å². The summed E-state index contributed by atoms with van der Waals surface area (Å²) in [7, 11) is 0. The van der Waals surface area contributed by atoms with E-state index < -0.39 is 0 Å². The molecule has 0 spiro atoms. The van der Waals surface area contributed by atoms with E-state index in [1.807, 2.05) is 18.2 Å². The maximum atomic E-state index is 6.22. The highest BCUT2D eigenvalue weighted by Crippen LogP contribution is 2.36. The van der Waals surface area contributed by atoms with Crippen LogP contribution in [0, 0.1) is 5.92 Å². The van der Waals surface area contributed by atoms with Gasteiger partial charge in [0.15, 0.2) is 5.58 Å². The lowest BCUT2D eigenvalue weighted by atomic mass is 9.94. The van der Waals surface area contributed by atoms with Gasteiger partial charge in [0.05, 0.1) is 23.8 Å². The monoisotopic (exact) mass is 307 g/mol.